The summed E-state index contributed by atoms with van der Waals surface area (Å²) < 4.78 is 2.31. The molecule has 1 aromatic heterocycles. The van der Waals surface area contributed by atoms with Gasteiger partial charge in [0, 0.05) is 12.1 Å². The molecule has 0 radical (unpaired) electrons. The largest absolute Gasteiger partial charge is 0.296 e. The van der Waals surface area contributed by atoms with Gasteiger partial charge in [0.05, 0.1) is 11.0 Å². The molecule has 0 unspecified atom stereocenters. The zero-order valence-corrected chi connectivity index (χ0v) is 29.5. The molecule has 1 heterocycles. The van der Waals surface area contributed by atoms with Crippen LogP contribution in [-0.4, -0.2) is 9.55 Å². The third-order valence-electron chi connectivity index (χ3n) is 10.7. The van der Waals surface area contributed by atoms with Crippen LogP contribution in [0.5, 0.6) is 0 Å². The van der Waals surface area contributed by atoms with E-state index in [-0.39, 0.29) is 0 Å². The van der Waals surface area contributed by atoms with Gasteiger partial charge in [-0.2, -0.15) is 0 Å². The Hall–Kier alpha value is -6.77. The molecule has 0 aliphatic rings. The summed E-state index contributed by atoms with van der Waals surface area (Å²) in [5.74, 6) is 1.07. The van der Waals surface area contributed by atoms with Crippen LogP contribution in [0.25, 0.3) is 93.5 Å². The van der Waals surface area contributed by atoms with Gasteiger partial charge in [-0.15, -0.1) is 0 Å². The van der Waals surface area contributed by atoms with E-state index >= 15 is 0 Å². The average Bonchev–Trinajstić information content (AvgIpc) is 3.62. The number of hydrogen-bond donors (Lipinski definition) is 0. The highest BCUT2D eigenvalue weighted by molar-refractivity contribution is 6.22. The molecule has 0 N–H and O–H groups in total. The van der Waals surface area contributed by atoms with E-state index in [4.69, 9.17) is 4.98 Å². The fourth-order valence-corrected chi connectivity index (χ4v) is 8.24. The van der Waals surface area contributed by atoms with Crippen molar-refractivity contribution in [3.8, 4) is 50.2 Å². The summed E-state index contributed by atoms with van der Waals surface area (Å²) in [5.41, 5.74) is 13.0. The number of fused-ring (bicyclic) bond motifs is 4. The van der Waals surface area contributed by atoms with Gasteiger partial charge in [-0.3, -0.25) is 4.57 Å². The van der Waals surface area contributed by atoms with E-state index in [2.05, 4.69) is 200 Å². The summed E-state index contributed by atoms with van der Waals surface area (Å²) in [6.07, 6.45) is 0.857. The molecule has 2 nitrogen and oxygen atoms in total. The van der Waals surface area contributed by atoms with Crippen LogP contribution in [0.15, 0.2) is 188 Å². The van der Waals surface area contributed by atoms with E-state index in [9.17, 15) is 0 Å². The minimum atomic E-state index is 0.857. The van der Waals surface area contributed by atoms with Crippen molar-refractivity contribution in [1.82, 2.24) is 9.55 Å². The second kappa shape index (κ2) is 12.8. The fourth-order valence-electron chi connectivity index (χ4n) is 8.24. The summed E-state index contributed by atoms with van der Waals surface area (Å²) in [7, 11) is 0. The lowest BCUT2D eigenvalue weighted by Crippen LogP contribution is -2.00. The van der Waals surface area contributed by atoms with E-state index in [0.717, 1.165) is 29.0 Å². The summed E-state index contributed by atoms with van der Waals surface area (Å²) in [6.45, 7) is 2.17. The highest BCUT2D eigenvalue weighted by Crippen LogP contribution is 2.46. The number of nitrogens with zero attached hydrogens (tertiary/aromatic N) is 2. The van der Waals surface area contributed by atoms with Crippen molar-refractivity contribution in [2.24, 2.45) is 0 Å². The van der Waals surface area contributed by atoms with Crippen LogP contribution >= 0.6 is 0 Å². The Morgan fingerprint density at radius 2 is 0.981 bits per heavy atom. The van der Waals surface area contributed by atoms with Crippen molar-refractivity contribution in [3.05, 3.63) is 194 Å². The van der Waals surface area contributed by atoms with E-state index < -0.39 is 0 Å². The number of aromatic nitrogens is 2. The monoisotopic (exact) mass is 676 g/mol. The molecule has 0 aliphatic carbocycles. The number of hydrogen-bond acceptors (Lipinski definition) is 1. The highest BCUT2D eigenvalue weighted by atomic mass is 15.1. The van der Waals surface area contributed by atoms with Gasteiger partial charge < -0.3 is 0 Å². The molecule has 0 bridgehead atoms. The van der Waals surface area contributed by atoms with Gasteiger partial charge in [0.2, 0.25) is 0 Å². The predicted octanol–water partition coefficient (Wildman–Crippen LogP) is 13.7. The third kappa shape index (κ3) is 5.30. The molecule has 250 valence electrons. The van der Waals surface area contributed by atoms with Crippen molar-refractivity contribution >= 4 is 43.4 Å². The maximum atomic E-state index is 4.95. The molecular formula is C51H36N2. The zero-order valence-electron chi connectivity index (χ0n) is 29.5. The zero-order chi connectivity index (χ0) is 35.3. The van der Waals surface area contributed by atoms with Gasteiger partial charge in [-0.25, -0.2) is 4.98 Å². The smallest absolute Gasteiger partial charge is 0.114 e. The number of para-hydroxylation sites is 2. The Morgan fingerprint density at radius 3 is 1.81 bits per heavy atom. The molecule has 0 amide bonds. The van der Waals surface area contributed by atoms with E-state index in [0.29, 0.717) is 0 Å². The molecule has 0 saturated carbocycles. The minimum absolute atomic E-state index is 0.857. The van der Waals surface area contributed by atoms with Crippen LogP contribution < -0.4 is 0 Å². The standard InChI is InChI=1S/C51H36N2/c1-2-49-52-47-24-10-11-25-48(47)53(49)42-21-13-19-38(32-42)37-18-12-20-40(31-37)50-43-22-8-9-23-44(43)51(41-27-26-35-16-6-7-17-36(35)30-41)46-33-39(28-29-45(46)50)34-14-4-3-5-15-34/h3-33H,2H2,1H3. The van der Waals surface area contributed by atoms with Crippen molar-refractivity contribution in [2.45, 2.75) is 13.3 Å². The van der Waals surface area contributed by atoms with Crippen LogP contribution in [0.3, 0.4) is 0 Å². The van der Waals surface area contributed by atoms with Gasteiger partial charge in [0.15, 0.2) is 0 Å². The molecule has 2 heteroatoms. The first-order valence-electron chi connectivity index (χ1n) is 18.4. The van der Waals surface area contributed by atoms with Gasteiger partial charge >= 0.3 is 0 Å². The number of imidazole rings is 1. The third-order valence-corrected chi connectivity index (χ3v) is 10.7. The lowest BCUT2D eigenvalue weighted by Gasteiger charge is -2.19. The first kappa shape index (κ1) is 31.0. The van der Waals surface area contributed by atoms with Gasteiger partial charge in [0.25, 0.3) is 0 Å². The van der Waals surface area contributed by atoms with Gasteiger partial charge in [-0.05, 0) is 119 Å². The van der Waals surface area contributed by atoms with E-state index in [1.54, 1.807) is 0 Å². The normalized spacial score (nSPS) is 11.6. The van der Waals surface area contributed by atoms with Crippen LogP contribution in [0, 0.1) is 0 Å². The van der Waals surface area contributed by atoms with Crippen LogP contribution in [0.2, 0.25) is 0 Å². The summed E-state index contributed by atoms with van der Waals surface area (Å²) in [6, 6.07) is 68.6. The van der Waals surface area contributed by atoms with Gasteiger partial charge in [-0.1, -0.05) is 153 Å². The van der Waals surface area contributed by atoms with Crippen LogP contribution in [0.4, 0.5) is 0 Å². The molecule has 0 atom stereocenters. The number of rotatable bonds is 6. The average molecular weight is 677 g/mol. The van der Waals surface area contributed by atoms with Crippen molar-refractivity contribution < 1.29 is 0 Å². The fraction of sp³-hybridized carbons (Fsp3) is 0.0392. The number of benzene rings is 9. The molecule has 10 aromatic rings. The van der Waals surface area contributed by atoms with Crippen LogP contribution in [-0.2, 0) is 6.42 Å². The Labute approximate surface area is 309 Å². The lowest BCUT2D eigenvalue weighted by molar-refractivity contribution is 0.908. The molecule has 53 heavy (non-hydrogen) atoms. The number of aryl methyl sites for hydroxylation is 1. The van der Waals surface area contributed by atoms with Crippen molar-refractivity contribution in [2.75, 3.05) is 0 Å². The minimum Gasteiger partial charge on any atom is -0.296 e. The summed E-state index contributed by atoms with van der Waals surface area (Å²) in [5, 5.41) is 7.49. The van der Waals surface area contributed by atoms with E-state index in [1.807, 2.05) is 0 Å². The Morgan fingerprint density at radius 1 is 0.396 bits per heavy atom. The molecule has 0 fully saturated rings. The lowest BCUT2D eigenvalue weighted by atomic mass is 9.84. The second-order valence-electron chi connectivity index (χ2n) is 13.8. The van der Waals surface area contributed by atoms with Gasteiger partial charge in [0.1, 0.15) is 5.82 Å². The first-order chi connectivity index (χ1) is 26.2. The second-order valence-corrected chi connectivity index (χ2v) is 13.8. The summed E-state index contributed by atoms with van der Waals surface area (Å²) >= 11 is 0. The van der Waals surface area contributed by atoms with Crippen LogP contribution in [0.1, 0.15) is 12.7 Å². The molecule has 0 aliphatic heterocycles. The first-order valence-corrected chi connectivity index (χ1v) is 18.4. The predicted molar refractivity (Wildman–Crippen MR) is 225 cm³/mol. The molecular weight excluding hydrogens is 641 g/mol. The quantitative estimate of drug-likeness (QED) is 0.160. The Bertz CT molecular complexity index is 2990. The maximum Gasteiger partial charge on any atom is 0.114 e. The molecule has 10 rings (SSSR count). The Kier molecular flexibility index (Phi) is 7.47. The van der Waals surface area contributed by atoms with Crippen molar-refractivity contribution in [3.63, 3.8) is 0 Å². The molecule has 0 saturated heterocycles. The maximum absolute atomic E-state index is 4.95. The van der Waals surface area contributed by atoms with E-state index in [1.165, 1.54) is 76.8 Å². The SMILES string of the molecule is CCc1nc2ccccc2n1-c1cccc(-c2cccc(-c3c4ccccc4c(-c4ccc5ccccc5c4)c4cc(-c5ccccc5)ccc34)c2)c1. The highest BCUT2D eigenvalue weighted by Gasteiger charge is 2.19. The molecule has 9 aromatic carbocycles. The topological polar surface area (TPSA) is 17.8 Å². The Balaban J connectivity index is 1.20. The summed E-state index contributed by atoms with van der Waals surface area (Å²) in [4.78, 5) is 4.95. The van der Waals surface area contributed by atoms with Crippen molar-refractivity contribution in [1.29, 1.82) is 0 Å². The molecule has 0 spiro atoms.